The van der Waals surface area contributed by atoms with E-state index in [9.17, 15) is 9.90 Å². The average molecular weight is 259 g/mol. The van der Waals surface area contributed by atoms with E-state index >= 15 is 0 Å². The van der Waals surface area contributed by atoms with Crippen LogP contribution >= 0.6 is 15.9 Å². The Hall–Kier alpha value is -0.870. The molecule has 0 heterocycles. The fourth-order valence-electron chi connectivity index (χ4n) is 1.28. The highest BCUT2D eigenvalue weighted by Gasteiger charge is 2.18. The van der Waals surface area contributed by atoms with E-state index in [1.54, 1.807) is 12.1 Å². The van der Waals surface area contributed by atoms with Crippen molar-refractivity contribution in [3.05, 3.63) is 33.8 Å². The van der Waals surface area contributed by atoms with Crippen LogP contribution < -0.4 is 0 Å². The molecule has 0 radical (unpaired) electrons. The number of carboxylic acids is 1. The summed E-state index contributed by atoms with van der Waals surface area (Å²) in [5.41, 5.74) is 1.30. The Balaban J connectivity index is 3.13. The fourth-order valence-corrected chi connectivity index (χ4v) is 1.69. The van der Waals surface area contributed by atoms with Crippen LogP contribution in [0.4, 0.5) is 0 Å². The predicted octanol–water partition coefficient (Wildman–Crippen LogP) is 2.13. The normalized spacial score (nSPS) is 12.5. The van der Waals surface area contributed by atoms with Gasteiger partial charge in [-0.3, -0.25) is 0 Å². The average Bonchev–Trinajstić information content (AvgIpc) is 2.16. The molecule has 4 heteroatoms. The number of halogens is 1. The zero-order valence-electron chi connectivity index (χ0n) is 7.70. The summed E-state index contributed by atoms with van der Waals surface area (Å²) in [6, 6.07) is 5.17. The Bertz CT molecular complexity index is 349. The van der Waals surface area contributed by atoms with Gasteiger partial charge in [-0.25, -0.2) is 4.79 Å². The summed E-state index contributed by atoms with van der Waals surface area (Å²) in [5.74, 6) is -1.22. The van der Waals surface area contributed by atoms with Crippen molar-refractivity contribution >= 4 is 21.9 Å². The van der Waals surface area contributed by atoms with E-state index < -0.39 is 12.1 Å². The minimum absolute atomic E-state index is 0.461. The molecule has 0 saturated carbocycles. The van der Waals surface area contributed by atoms with E-state index in [0.717, 1.165) is 10.0 Å². The lowest BCUT2D eigenvalue weighted by atomic mass is 10.0. The first-order chi connectivity index (χ1) is 6.56. The Morgan fingerprint density at radius 1 is 1.57 bits per heavy atom. The molecule has 0 bridgehead atoms. The molecule has 1 unspecified atom stereocenters. The number of aliphatic hydroxyl groups is 1. The lowest BCUT2D eigenvalue weighted by Gasteiger charge is -2.11. The molecular weight excluding hydrogens is 248 g/mol. The first-order valence-corrected chi connectivity index (χ1v) is 5.04. The topological polar surface area (TPSA) is 57.5 Å². The van der Waals surface area contributed by atoms with Crippen molar-refractivity contribution in [3.63, 3.8) is 0 Å². The molecule has 0 aliphatic rings. The quantitative estimate of drug-likeness (QED) is 0.874. The second-order valence-corrected chi connectivity index (χ2v) is 3.85. The number of hydrogen-bond donors (Lipinski definition) is 2. The molecule has 0 aliphatic heterocycles. The van der Waals surface area contributed by atoms with Gasteiger partial charge in [0.25, 0.3) is 0 Å². The molecule has 0 aromatic heterocycles. The third-order valence-electron chi connectivity index (χ3n) is 2.01. The summed E-state index contributed by atoms with van der Waals surface area (Å²) >= 11 is 3.29. The zero-order chi connectivity index (χ0) is 10.7. The maximum Gasteiger partial charge on any atom is 0.337 e. The summed E-state index contributed by atoms with van der Waals surface area (Å²) < 4.78 is 0.885. The van der Waals surface area contributed by atoms with E-state index in [0.29, 0.717) is 12.0 Å². The van der Waals surface area contributed by atoms with Crippen molar-refractivity contribution in [2.75, 3.05) is 0 Å². The number of rotatable bonds is 3. The van der Waals surface area contributed by atoms with Crippen LogP contribution in [-0.4, -0.2) is 16.2 Å². The standard InChI is InChI=1S/C10H11BrO3/c1-2-6-5-7(11)3-4-8(6)9(12)10(13)14/h3-5,9,12H,2H2,1H3,(H,13,14). The monoisotopic (exact) mass is 258 g/mol. The minimum atomic E-state index is -1.43. The highest BCUT2D eigenvalue weighted by Crippen LogP contribution is 2.22. The summed E-state index contributed by atoms with van der Waals surface area (Å²) in [7, 11) is 0. The molecule has 3 nitrogen and oxygen atoms in total. The maximum atomic E-state index is 10.6. The first kappa shape index (κ1) is 11.2. The van der Waals surface area contributed by atoms with E-state index in [-0.39, 0.29) is 0 Å². The number of hydrogen-bond acceptors (Lipinski definition) is 2. The van der Waals surface area contributed by atoms with Gasteiger partial charge in [0.15, 0.2) is 6.10 Å². The largest absolute Gasteiger partial charge is 0.479 e. The van der Waals surface area contributed by atoms with E-state index in [4.69, 9.17) is 5.11 Å². The van der Waals surface area contributed by atoms with Gasteiger partial charge in [-0.15, -0.1) is 0 Å². The highest BCUT2D eigenvalue weighted by molar-refractivity contribution is 9.10. The van der Waals surface area contributed by atoms with E-state index in [2.05, 4.69) is 15.9 Å². The van der Waals surface area contributed by atoms with Gasteiger partial charge in [0.1, 0.15) is 0 Å². The van der Waals surface area contributed by atoms with Crippen molar-refractivity contribution in [2.45, 2.75) is 19.4 Å². The summed E-state index contributed by atoms with van der Waals surface area (Å²) in [5, 5.41) is 18.0. The number of aliphatic hydroxyl groups excluding tert-OH is 1. The number of aryl methyl sites for hydroxylation is 1. The van der Waals surface area contributed by atoms with Gasteiger partial charge in [0.2, 0.25) is 0 Å². The third-order valence-corrected chi connectivity index (χ3v) is 2.51. The second kappa shape index (κ2) is 4.57. The molecule has 1 aromatic rings. The summed E-state index contributed by atoms with van der Waals surface area (Å²) in [6.45, 7) is 1.92. The van der Waals surface area contributed by atoms with Crippen molar-refractivity contribution in [2.24, 2.45) is 0 Å². The molecule has 0 saturated heterocycles. The number of carboxylic acid groups (broad SMARTS) is 1. The molecule has 1 rings (SSSR count). The maximum absolute atomic E-state index is 10.6. The minimum Gasteiger partial charge on any atom is -0.479 e. The smallest absolute Gasteiger partial charge is 0.337 e. The molecule has 1 atom stereocenters. The van der Waals surface area contributed by atoms with Crippen molar-refractivity contribution in [1.29, 1.82) is 0 Å². The van der Waals surface area contributed by atoms with Crippen molar-refractivity contribution in [3.8, 4) is 0 Å². The number of aliphatic carboxylic acids is 1. The molecule has 1 aromatic carbocycles. The SMILES string of the molecule is CCc1cc(Br)ccc1C(O)C(=O)O. The lowest BCUT2D eigenvalue weighted by molar-refractivity contribution is -0.147. The zero-order valence-corrected chi connectivity index (χ0v) is 9.28. The predicted molar refractivity (Wildman–Crippen MR) is 56.1 cm³/mol. The number of carbonyl (C=O) groups is 1. The van der Waals surface area contributed by atoms with Crippen molar-refractivity contribution in [1.82, 2.24) is 0 Å². The van der Waals surface area contributed by atoms with Crippen LogP contribution in [0.2, 0.25) is 0 Å². The Labute approximate surface area is 90.5 Å². The van der Waals surface area contributed by atoms with Crippen LogP contribution in [0.5, 0.6) is 0 Å². The molecule has 0 fully saturated rings. The molecule has 14 heavy (non-hydrogen) atoms. The van der Waals surface area contributed by atoms with Gasteiger partial charge in [0, 0.05) is 4.47 Å². The Kier molecular flexibility index (Phi) is 3.66. The molecule has 76 valence electrons. The van der Waals surface area contributed by atoms with Gasteiger partial charge >= 0.3 is 5.97 Å². The lowest BCUT2D eigenvalue weighted by Crippen LogP contribution is -2.12. The van der Waals surface area contributed by atoms with E-state index in [1.165, 1.54) is 0 Å². The Morgan fingerprint density at radius 2 is 2.21 bits per heavy atom. The molecule has 0 amide bonds. The van der Waals surface area contributed by atoms with Gasteiger partial charge in [-0.1, -0.05) is 28.9 Å². The molecule has 2 N–H and O–H groups in total. The van der Waals surface area contributed by atoms with Gasteiger partial charge in [-0.05, 0) is 29.7 Å². The molecule has 0 aliphatic carbocycles. The van der Waals surface area contributed by atoms with Gasteiger partial charge < -0.3 is 10.2 Å². The van der Waals surface area contributed by atoms with Crippen LogP contribution in [0, 0.1) is 0 Å². The fraction of sp³-hybridized carbons (Fsp3) is 0.300. The second-order valence-electron chi connectivity index (χ2n) is 2.94. The van der Waals surface area contributed by atoms with Crippen LogP contribution in [-0.2, 0) is 11.2 Å². The molecular formula is C10H11BrO3. The first-order valence-electron chi connectivity index (χ1n) is 4.25. The van der Waals surface area contributed by atoms with Crippen LogP contribution in [0.3, 0.4) is 0 Å². The van der Waals surface area contributed by atoms with Crippen LogP contribution in [0.1, 0.15) is 24.2 Å². The third kappa shape index (κ3) is 2.33. The summed E-state index contributed by atoms with van der Waals surface area (Å²) in [6.07, 6.45) is -0.739. The highest BCUT2D eigenvalue weighted by atomic mass is 79.9. The van der Waals surface area contributed by atoms with Crippen LogP contribution in [0.25, 0.3) is 0 Å². The van der Waals surface area contributed by atoms with Gasteiger partial charge in [-0.2, -0.15) is 0 Å². The Morgan fingerprint density at radius 3 is 2.71 bits per heavy atom. The van der Waals surface area contributed by atoms with Gasteiger partial charge in [0.05, 0.1) is 0 Å². The number of benzene rings is 1. The summed E-state index contributed by atoms with van der Waals surface area (Å²) in [4.78, 5) is 10.6. The van der Waals surface area contributed by atoms with E-state index in [1.807, 2.05) is 13.0 Å². The molecule has 0 spiro atoms. The van der Waals surface area contributed by atoms with Crippen LogP contribution in [0.15, 0.2) is 22.7 Å². The van der Waals surface area contributed by atoms with Crippen molar-refractivity contribution < 1.29 is 15.0 Å².